The van der Waals surface area contributed by atoms with E-state index in [1.807, 2.05) is 24.3 Å². The van der Waals surface area contributed by atoms with E-state index in [9.17, 15) is 21.6 Å². The molecule has 4 rings (SSSR count). The second kappa shape index (κ2) is 6.24. The Hall–Kier alpha value is -2.06. The van der Waals surface area contributed by atoms with Crippen molar-refractivity contribution in [1.29, 1.82) is 0 Å². The number of alkyl halides is 3. The molecule has 1 fully saturated rings. The summed E-state index contributed by atoms with van der Waals surface area (Å²) in [7, 11) is -5.43. The predicted octanol–water partition coefficient (Wildman–Crippen LogP) is 3.66. The highest BCUT2D eigenvalue weighted by Gasteiger charge is 2.49. The molecule has 2 aliphatic rings. The van der Waals surface area contributed by atoms with Gasteiger partial charge in [0.25, 0.3) is 9.84 Å². The van der Waals surface area contributed by atoms with E-state index in [0.717, 1.165) is 30.0 Å². The summed E-state index contributed by atoms with van der Waals surface area (Å²) in [4.78, 5) is 0.991. The quantitative estimate of drug-likeness (QED) is 0.776. The van der Waals surface area contributed by atoms with Crippen molar-refractivity contribution < 1.29 is 26.3 Å². The van der Waals surface area contributed by atoms with Crippen molar-refractivity contribution in [3.05, 3.63) is 59.7 Å². The van der Waals surface area contributed by atoms with Gasteiger partial charge in [0, 0.05) is 6.54 Å². The Balaban J connectivity index is 1.74. The summed E-state index contributed by atoms with van der Waals surface area (Å²) in [5.41, 5.74) is -3.69. The van der Waals surface area contributed by atoms with Gasteiger partial charge in [0.05, 0.1) is 23.7 Å². The summed E-state index contributed by atoms with van der Waals surface area (Å²) in [5, 5.41) is 0. The van der Waals surface area contributed by atoms with Gasteiger partial charge in [-0.15, -0.1) is 0 Å². The molecule has 1 spiro atoms. The van der Waals surface area contributed by atoms with Crippen LogP contribution in [0.5, 0.6) is 0 Å². The number of nitrogens with zero attached hydrogens (tertiary/aromatic N) is 1. The van der Waals surface area contributed by atoms with Crippen LogP contribution in [0.1, 0.15) is 17.5 Å². The van der Waals surface area contributed by atoms with Crippen LogP contribution in [0.15, 0.2) is 53.4 Å². The highest BCUT2D eigenvalue weighted by molar-refractivity contribution is 7.92. The number of aryl methyl sites for hydroxylation is 1. The summed E-state index contributed by atoms with van der Waals surface area (Å²) in [6, 6.07) is 13.2. The molecule has 1 aliphatic carbocycles. The monoisotopic (exact) mass is 397 g/mol. The standard InChI is InChI=1S/C19H18F3NO3S/c20-19(21,22)27(24,25)17-8-4-3-7-16(17)23-11-12-26-18(13-23)10-9-14-5-1-2-6-15(14)18/h1-8H,9-13H2. The molecule has 8 heteroatoms. The van der Waals surface area contributed by atoms with Crippen molar-refractivity contribution in [2.45, 2.75) is 28.8 Å². The number of rotatable bonds is 2. The van der Waals surface area contributed by atoms with E-state index in [1.165, 1.54) is 12.1 Å². The number of anilines is 1. The molecule has 0 amide bonds. The first kappa shape index (κ1) is 18.3. The van der Waals surface area contributed by atoms with E-state index in [0.29, 0.717) is 19.7 Å². The summed E-state index contributed by atoms with van der Waals surface area (Å²) < 4.78 is 69.6. The van der Waals surface area contributed by atoms with Gasteiger partial charge in [-0.3, -0.25) is 0 Å². The lowest BCUT2D eigenvalue weighted by atomic mass is 9.93. The Labute approximate surface area is 155 Å². The number of morpholine rings is 1. The van der Waals surface area contributed by atoms with Gasteiger partial charge < -0.3 is 9.64 Å². The van der Waals surface area contributed by atoms with E-state index in [1.54, 1.807) is 11.0 Å². The van der Waals surface area contributed by atoms with Crippen LogP contribution in [0.4, 0.5) is 18.9 Å². The first-order valence-corrected chi connectivity index (χ1v) is 10.1. The Kier molecular flexibility index (Phi) is 4.23. The van der Waals surface area contributed by atoms with Gasteiger partial charge in [-0.25, -0.2) is 8.42 Å². The molecule has 1 aliphatic heterocycles. The van der Waals surface area contributed by atoms with Crippen LogP contribution in [0, 0.1) is 0 Å². The topological polar surface area (TPSA) is 46.6 Å². The van der Waals surface area contributed by atoms with Crippen molar-refractivity contribution in [3.8, 4) is 0 Å². The Morgan fingerprint density at radius 3 is 2.52 bits per heavy atom. The molecular formula is C19H18F3NO3S. The molecule has 2 aromatic rings. The van der Waals surface area contributed by atoms with Crippen LogP contribution in [-0.4, -0.2) is 33.6 Å². The average Bonchev–Trinajstić information content (AvgIpc) is 2.99. The maximum absolute atomic E-state index is 13.1. The molecule has 144 valence electrons. The lowest BCUT2D eigenvalue weighted by Crippen LogP contribution is -2.49. The highest BCUT2D eigenvalue weighted by atomic mass is 32.2. The first-order chi connectivity index (χ1) is 12.7. The van der Waals surface area contributed by atoms with Crippen LogP contribution >= 0.6 is 0 Å². The molecule has 0 aromatic heterocycles. The zero-order valence-corrected chi connectivity index (χ0v) is 15.2. The molecule has 0 saturated carbocycles. The number of hydrogen-bond donors (Lipinski definition) is 0. The van der Waals surface area contributed by atoms with Gasteiger partial charge in [-0.2, -0.15) is 13.2 Å². The fourth-order valence-electron chi connectivity index (χ4n) is 4.03. The van der Waals surface area contributed by atoms with Gasteiger partial charge in [-0.1, -0.05) is 36.4 Å². The van der Waals surface area contributed by atoms with E-state index in [4.69, 9.17) is 4.74 Å². The molecule has 2 aromatic carbocycles. The number of benzene rings is 2. The van der Waals surface area contributed by atoms with Gasteiger partial charge >= 0.3 is 5.51 Å². The lowest BCUT2D eigenvalue weighted by molar-refractivity contribution is -0.0594. The molecular weight excluding hydrogens is 379 g/mol. The van der Waals surface area contributed by atoms with Crippen molar-refractivity contribution in [3.63, 3.8) is 0 Å². The van der Waals surface area contributed by atoms with Crippen molar-refractivity contribution in [1.82, 2.24) is 0 Å². The number of hydrogen-bond acceptors (Lipinski definition) is 4. The van der Waals surface area contributed by atoms with Crippen LogP contribution in [-0.2, 0) is 26.6 Å². The lowest BCUT2D eigenvalue weighted by Gasteiger charge is -2.42. The van der Waals surface area contributed by atoms with Gasteiger partial charge in [0.1, 0.15) is 5.60 Å². The SMILES string of the molecule is O=S(=O)(c1ccccc1N1CCOC2(CCc3ccccc32)C1)C(F)(F)F. The van der Waals surface area contributed by atoms with E-state index in [-0.39, 0.29) is 5.69 Å². The molecule has 1 unspecified atom stereocenters. The minimum atomic E-state index is -5.43. The maximum Gasteiger partial charge on any atom is 0.501 e. The average molecular weight is 397 g/mol. The smallest absolute Gasteiger partial charge is 0.367 e. The fourth-order valence-corrected chi connectivity index (χ4v) is 5.01. The summed E-state index contributed by atoms with van der Waals surface area (Å²) in [6.07, 6.45) is 1.55. The molecule has 0 N–H and O–H groups in total. The summed E-state index contributed by atoms with van der Waals surface area (Å²) in [6.45, 7) is 0.956. The van der Waals surface area contributed by atoms with Crippen molar-refractivity contribution in [2.75, 3.05) is 24.6 Å². The molecule has 0 radical (unpaired) electrons. The third-order valence-corrected chi connectivity index (χ3v) is 6.83. The van der Waals surface area contributed by atoms with E-state index in [2.05, 4.69) is 0 Å². The van der Waals surface area contributed by atoms with Gasteiger partial charge in [0.2, 0.25) is 0 Å². The minimum Gasteiger partial charge on any atom is -0.367 e. The van der Waals surface area contributed by atoms with E-state index < -0.39 is 25.8 Å². The zero-order valence-electron chi connectivity index (χ0n) is 14.4. The van der Waals surface area contributed by atoms with Crippen molar-refractivity contribution in [2.24, 2.45) is 0 Å². The Morgan fingerprint density at radius 2 is 1.74 bits per heavy atom. The molecule has 4 nitrogen and oxygen atoms in total. The van der Waals surface area contributed by atoms with Crippen LogP contribution in [0.25, 0.3) is 0 Å². The number of halogens is 3. The fraction of sp³-hybridized carbons (Fsp3) is 0.368. The van der Waals surface area contributed by atoms with Crippen LogP contribution in [0.2, 0.25) is 0 Å². The normalized spacial score (nSPS) is 22.9. The van der Waals surface area contributed by atoms with Gasteiger partial charge in [0.15, 0.2) is 0 Å². The highest BCUT2D eigenvalue weighted by Crippen LogP contribution is 2.44. The second-order valence-electron chi connectivity index (χ2n) is 6.84. The second-order valence-corrected chi connectivity index (χ2v) is 8.75. The first-order valence-electron chi connectivity index (χ1n) is 8.62. The van der Waals surface area contributed by atoms with E-state index >= 15 is 0 Å². The maximum atomic E-state index is 13.1. The number of ether oxygens (including phenoxy) is 1. The van der Waals surface area contributed by atoms with Crippen LogP contribution < -0.4 is 4.90 Å². The zero-order chi connectivity index (χ0) is 19.3. The number of sulfone groups is 1. The molecule has 1 saturated heterocycles. The summed E-state index contributed by atoms with van der Waals surface area (Å²) in [5.74, 6) is 0. The molecule has 1 atom stereocenters. The number of para-hydroxylation sites is 1. The third kappa shape index (κ3) is 2.91. The summed E-state index contributed by atoms with van der Waals surface area (Å²) >= 11 is 0. The van der Waals surface area contributed by atoms with Gasteiger partial charge in [-0.05, 0) is 36.1 Å². The number of fused-ring (bicyclic) bond motifs is 2. The third-order valence-electron chi connectivity index (χ3n) is 5.29. The molecule has 0 bridgehead atoms. The Bertz CT molecular complexity index is 970. The molecule has 1 heterocycles. The Morgan fingerprint density at radius 1 is 1.04 bits per heavy atom. The predicted molar refractivity (Wildman–Crippen MR) is 94.3 cm³/mol. The molecule has 27 heavy (non-hydrogen) atoms. The van der Waals surface area contributed by atoms with Crippen LogP contribution in [0.3, 0.4) is 0 Å². The largest absolute Gasteiger partial charge is 0.501 e. The van der Waals surface area contributed by atoms with Crippen molar-refractivity contribution >= 4 is 15.5 Å². The minimum absolute atomic E-state index is 0.0712.